The lowest BCUT2D eigenvalue weighted by Gasteiger charge is -2.24. The summed E-state index contributed by atoms with van der Waals surface area (Å²) in [6.45, 7) is 5.44. The number of rotatable bonds is 6. The Morgan fingerprint density at radius 3 is 2.25 bits per heavy atom. The van der Waals surface area contributed by atoms with Crippen LogP contribution in [0.15, 0.2) is 24.3 Å². The van der Waals surface area contributed by atoms with Crippen LogP contribution in [0.4, 0.5) is 0 Å². The van der Waals surface area contributed by atoms with E-state index < -0.39 is 17.4 Å². The molecule has 110 valence electrons. The fraction of sp³-hybridized carbons (Fsp3) is 0.467. The normalized spacial score (nSPS) is 12.8. The van der Waals surface area contributed by atoms with Gasteiger partial charge in [-0.3, -0.25) is 4.79 Å². The van der Waals surface area contributed by atoms with Crippen molar-refractivity contribution in [3.8, 4) is 5.75 Å². The van der Waals surface area contributed by atoms with Crippen molar-refractivity contribution in [2.75, 3.05) is 0 Å². The second kappa shape index (κ2) is 6.41. The molecule has 0 heterocycles. The van der Waals surface area contributed by atoms with Crippen LogP contribution in [0.5, 0.6) is 5.75 Å². The Hall–Kier alpha value is -2.04. The van der Waals surface area contributed by atoms with Crippen molar-refractivity contribution in [1.82, 2.24) is 5.32 Å². The minimum absolute atomic E-state index is 0.122. The van der Waals surface area contributed by atoms with Gasteiger partial charge in [-0.1, -0.05) is 32.9 Å². The van der Waals surface area contributed by atoms with Crippen LogP contribution in [0, 0.1) is 5.41 Å². The molecule has 0 spiro atoms. The molecule has 0 aromatic heterocycles. The van der Waals surface area contributed by atoms with E-state index in [0.717, 1.165) is 5.56 Å². The van der Waals surface area contributed by atoms with Gasteiger partial charge in [-0.25, -0.2) is 4.79 Å². The number of benzene rings is 1. The number of aromatic hydroxyl groups is 1. The van der Waals surface area contributed by atoms with E-state index in [4.69, 9.17) is 0 Å². The number of hydrogen-bond acceptors (Lipinski definition) is 3. The van der Waals surface area contributed by atoms with Crippen LogP contribution in [-0.2, 0) is 16.0 Å². The van der Waals surface area contributed by atoms with Gasteiger partial charge in [0.15, 0.2) is 0 Å². The minimum Gasteiger partial charge on any atom is -0.508 e. The van der Waals surface area contributed by atoms with Crippen molar-refractivity contribution in [3.05, 3.63) is 29.8 Å². The number of carbonyl (C=O) groups is 2. The molecule has 0 aliphatic rings. The lowest BCUT2D eigenvalue weighted by molar-refractivity contribution is -0.143. The third kappa shape index (κ3) is 4.26. The molecule has 20 heavy (non-hydrogen) atoms. The molecule has 0 bridgehead atoms. The minimum atomic E-state index is -1.07. The number of phenolic OH excluding ortho intramolecular Hbond substituents is 1. The molecule has 1 aromatic carbocycles. The van der Waals surface area contributed by atoms with Gasteiger partial charge in [-0.2, -0.15) is 0 Å². The average Bonchev–Trinajstić information content (AvgIpc) is 2.40. The number of hydrogen-bond donors (Lipinski definition) is 3. The smallest absolute Gasteiger partial charge is 0.326 e. The van der Waals surface area contributed by atoms with E-state index >= 15 is 0 Å². The van der Waals surface area contributed by atoms with Crippen LogP contribution < -0.4 is 5.32 Å². The van der Waals surface area contributed by atoms with Crippen LogP contribution in [0.1, 0.15) is 32.8 Å². The monoisotopic (exact) mass is 279 g/mol. The number of carboxylic acids is 1. The van der Waals surface area contributed by atoms with Crippen LogP contribution in [0.3, 0.4) is 0 Å². The molecule has 1 aromatic rings. The maximum absolute atomic E-state index is 12.0. The Balaban J connectivity index is 2.78. The highest BCUT2D eigenvalue weighted by atomic mass is 16.4. The molecule has 5 heteroatoms. The summed E-state index contributed by atoms with van der Waals surface area (Å²) in [6, 6.07) is 5.29. The van der Waals surface area contributed by atoms with Gasteiger partial charge in [0.2, 0.25) is 5.91 Å². The molecule has 0 unspecified atom stereocenters. The van der Waals surface area contributed by atoms with Gasteiger partial charge in [0, 0.05) is 11.8 Å². The third-order valence-corrected chi connectivity index (χ3v) is 3.48. The summed E-state index contributed by atoms with van der Waals surface area (Å²) >= 11 is 0. The summed E-state index contributed by atoms with van der Waals surface area (Å²) in [5, 5.41) is 21.0. The first-order valence-electron chi connectivity index (χ1n) is 6.58. The Morgan fingerprint density at radius 2 is 1.80 bits per heavy atom. The molecule has 0 fully saturated rings. The molecule has 1 atom stereocenters. The largest absolute Gasteiger partial charge is 0.508 e. The highest BCUT2D eigenvalue weighted by molar-refractivity contribution is 5.87. The van der Waals surface area contributed by atoms with Crippen molar-refractivity contribution in [3.63, 3.8) is 0 Å². The molecule has 0 radical (unpaired) electrons. The van der Waals surface area contributed by atoms with E-state index in [2.05, 4.69) is 5.32 Å². The Bertz CT molecular complexity index is 479. The van der Waals surface area contributed by atoms with E-state index in [1.165, 1.54) is 12.1 Å². The predicted octanol–water partition coefficient (Wildman–Crippen LogP) is 1.94. The molecule has 5 nitrogen and oxygen atoms in total. The molecular weight excluding hydrogens is 258 g/mol. The fourth-order valence-corrected chi connectivity index (χ4v) is 1.58. The molecule has 0 aliphatic heterocycles. The topological polar surface area (TPSA) is 86.6 Å². The van der Waals surface area contributed by atoms with Crippen LogP contribution in [-0.4, -0.2) is 28.1 Å². The quantitative estimate of drug-likeness (QED) is 0.742. The summed E-state index contributed by atoms with van der Waals surface area (Å²) < 4.78 is 0. The van der Waals surface area contributed by atoms with Crippen molar-refractivity contribution < 1.29 is 19.8 Å². The molecular formula is C15H21NO4. The highest BCUT2D eigenvalue weighted by Gasteiger charge is 2.29. The van der Waals surface area contributed by atoms with Gasteiger partial charge < -0.3 is 15.5 Å². The third-order valence-electron chi connectivity index (χ3n) is 3.48. The van der Waals surface area contributed by atoms with Gasteiger partial charge in [0.1, 0.15) is 11.8 Å². The van der Waals surface area contributed by atoms with Crippen LogP contribution >= 0.6 is 0 Å². The highest BCUT2D eigenvalue weighted by Crippen LogP contribution is 2.20. The SMILES string of the molecule is CCC(C)(C)C(=O)N[C@@H](Cc1ccc(O)cc1)C(=O)O. The Labute approximate surface area is 118 Å². The maximum Gasteiger partial charge on any atom is 0.326 e. The number of aliphatic carboxylic acids is 1. The van der Waals surface area contributed by atoms with Crippen LogP contribution in [0.2, 0.25) is 0 Å². The summed E-state index contributed by atoms with van der Waals surface area (Å²) in [4.78, 5) is 23.3. The first-order valence-corrected chi connectivity index (χ1v) is 6.58. The van der Waals surface area contributed by atoms with Gasteiger partial charge in [0.25, 0.3) is 0 Å². The summed E-state index contributed by atoms with van der Waals surface area (Å²) in [5.41, 5.74) is 0.146. The first kappa shape index (κ1) is 16.0. The number of phenols is 1. The van der Waals surface area contributed by atoms with Crippen molar-refractivity contribution in [2.24, 2.45) is 5.41 Å². The predicted molar refractivity (Wildman–Crippen MR) is 75.4 cm³/mol. The zero-order valence-electron chi connectivity index (χ0n) is 12.0. The molecule has 0 aliphatic carbocycles. The van der Waals surface area contributed by atoms with E-state index in [1.54, 1.807) is 26.0 Å². The zero-order chi connectivity index (χ0) is 15.3. The fourth-order valence-electron chi connectivity index (χ4n) is 1.58. The van der Waals surface area contributed by atoms with E-state index in [1.807, 2.05) is 6.92 Å². The summed E-state index contributed by atoms with van der Waals surface area (Å²) in [5.74, 6) is -1.22. The number of amides is 1. The molecule has 1 amide bonds. The van der Waals surface area contributed by atoms with Gasteiger partial charge >= 0.3 is 5.97 Å². The standard InChI is InChI=1S/C15H21NO4/c1-4-15(2,3)14(20)16-12(13(18)19)9-10-5-7-11(17)8-6-10/h5-8,12,17H,4,9H2,1-3H3,(H,16,20)(H,18,19)/t12-/m0/s1. The molecule has 0 saturated heterocycles. The second-order valence-corrected chi connectivity index (χ2v) is 5.47. The first-order chi connectivity index (χ1) is 9.26. The van der Waals surface area contributed by atoms with Crippen molar-refractivity contribution >= 4 is 11.9 Å². The van der Waals surface area contributed by atoms with Crippen molar-refractivity contribution in [2.45, 2.75) is 39.7 Å². The summed E-state index contributed by atoms with van der Waals surface area (Å²) in [6.07, 6.45) is 0.811. The maximum atomic E-state index is 12.0. The lowest BCUT2D eigenvalue weighted by atomic mass is 9.88. The zero-order valence-corrected chi connectivity index (χ0v) is 12.0. The van der Waals surface area contributed by atoms with E-state index in [9.17, 15) is 19.8 Å². The molecule has 1 rings (SSSR count). The number of carbonyl (C=O) groups excluding carboxylic acids is 1. The second-order valence-electron chi connectivity index (χ2n) is 5.47. The Morgan fingerprint density at radius 1 is 1.25 bits per heavy atom. The van der Waals surface area contributed by atoms with E-state index in [-0.39, 0.29) is 18.1 Å². The van der Waals surface area contributed by atoms with Crippen molar-refractivity contribution in [1.29, 1.82) is 0 Å². The van der Waals surface area contributed by atoms with Gasteiger partial charge in [0.05, 0.1) is 0 Å². The average molecular weight is 279 g/mol. The van der Waals surface area contributed by atoms with Gasteiger partial charge in [-0.05, 0) is 24.1 Å². The molecule has 0 saturated carbocycles. The number of carboxylic acid groups (broad SMARTS) is 1. The summed E-state index contributed by atoms with van der Waals surface area (Å²) in [7, 11) is 0. The van der Waals surface area contributed by atoms with Gasteiger partial charge in [-0.15, -0.1) is 0 Å². The Kier molecular flexibility index (Phi) is 5.13. The van der Waals surface area contributed by atoms with Crippen LogP contribution in [0.25, 0.3) is 0 Å². The lowest BCUT2D eigenvalue weighted by Crippen LogP contribution is -2.47. The number of nitrogens with one attached hydrogen (secondary N) is 1. The molecule has 3 N–H and O–H groups in total. The van der Waals surface area contributed by atoms with E-state index in [0.29, 0.717) is 6.42 Å².